The average molecular weight is 770 g/mol. The Balaban J connectivity index is 1.55. The topological polar surface area (TPSA) is 41.6 Å². The maximum absolute atomic E-state index is 13.8. The number of rotatable bonds is 4. The number of fused-ring (bicyclic) bond motifs is 3. The lowest BCUT2D eigenvalue weighted by Gasteiger charge is -2.16. The number of aromatic nitrogens is 2. The van der Waals surface area contributed by atoms with Crippen molar-refractivity contribution < 1.29 is 52.7 Å². The van der Waals surface area contributed by atoms with Crippen molar-refractivity contribution in [2.24, 2.45) is 0 Å². The summed E-state index contributed by atoms with van der Waals surface area (Å²) >= 11 is 0. The zero-order valence-corrected chi connectivity index (χ0v) is 27.3. The minimum absolute atomic E-state index is 0.00739. The van der Waals surface area contributed by atoms with Crippen LogP contribution in [-0.4, -0.2) is 9.55 Å². The molecule has 7 aromatic rings. The van der Waals surface area contributed by atoms with Gasteiger partial charge in [0.15, 0.2) is 0 Å². The molecule has 0 N–H and O–H groups in total. The van der Waals surface area contributed by atoms with Crippen LogP contribution in [0.15, 0.2) is 116 Å². The van der Waals surface area contributed by atoms with Gasteiger partial charge in [-0.25, -0.2) is 0 Å². The quantitative estimate of drug-likeness (QED) is 0.167. The minimum Gasteiger partial charge on any atom is -0.309 e. The van der Waals surface area contributed by atoms with E-state index in [4.69, 9.17) is 0 Å². The Bertz CT molecular complexity index is 2460. The third kappa shape index (κ3) is 7.19. The van der Waals surface area contributed by atoms with E-state index in [1.165, 1.54) is 59.4 Å². The van der Waals surface area contributed by atoms with Crippen LogP contribution in [0.4, 0.5) is 52.7 Å². The monoisotopic (exact) mass is 769 g/mol. The summed E-state index contributed by atoms with van der Waals surface area (Å²) in [4.78, 5) is 3.98. The van der Waals surface area contributed by atoms with Gasteiger partial charge < -0.3 is 4.57 Å². The zero-order chi connectivity index (χ0) is 39.7. The van der Waals surface area contributed by atoms with Gasteiger partial charge in [-0.3, -0.25) is 4.98 Å². The summed E-state index contributed by atoms with van der Waals surface area (Å²) < 4.78 is 167. The van der Waals surface area contributed by atoms with E-state index < -0.39 is 58.1 Å². The smallest absolute Gasteiger partial charge is 0.309 e. The summed E-state index contributed by atoms with van der Waals surface area (Å²) in [5.41, 5.74) is -5.42. The minimum atomic E-state index is -5.14. The summed E-state index contributed by atoms with van der Waals surface area (Å²) in [5.74, 6) is 0. The SMILES string of the molecule is N#Cc1cc(-c2ccncc2)cc(-n2c3cc(-c4cc(C(F)(F)F)cc(C(F)(F)F)c4)ccc3c3ccc(-c4cc(C(F)(F)F)cc(C(F)(F)F)c4)cc32)c1. The van der Waals surface area contributed by atoms with Crippen LogP contribution in [0.3, 0.4) is 0 Å². The summed E-state index contributed by atoms with van der Waals surface area (Å²) in [6.07, 6.45) is -17.6. The van der Waals surface area contributed by atoms with Crippen LogP contribution in [0.5, 0.6) is 0 Å². The Morgan fingerprint density at radius 3 is 1.20 bits per heavy atom. The van der Waals surface area contributed by atoms with Crippen molar-refractivity contribution in [2.45, 2.75) is 24.7 Å². The molecule has 0 aliphatic heterocycles. The largest absolute Gasteiger partial charge is 0.416 e. The van der Waals surface area contributed by atoms with Crippen LogP contribution in [0, 0.1) is 11.3 Å². The lowest BCUT2D eigenvalue weighted by molar-refractivity contribution is -0.144. The van der Waals surface area contributed by atoms with Crippen LogP contribution in [-0.2, 0) is 24.7 Å². The van der Waals surface area contributed by atoms with E-state index in [2.05, 4.69) is 4.98 Å². The van der Waals surface area contributed by atoms with Crippen LogP contribution in [0.1, 0.15) is 27.8 Å². The molecular formula is C40H19F12N3. The van der Waals surface area contributed by atoms with Gasteiger partial charge >= 0.3 is 24.7 Å². The molecule has 0 aliphatic rings. The molecule has 0 fully saturated rings. The van der Waals surface area contributed by atoms with Crippen molar-refractivity contribution in [1.29, 1.82) is 5.26 Å². The second-order valence-electron chi connectivity index (χ2n) is 12.5. The van der Waals surface area contributed by atoms with Gasteiger partial charge in [-0.1, -0.05) is 24.3 Å². The maximum atomic E-state index is 13.8. The number of alkyl halides is 12. The Morgan fingerprint density at radius 2 is 0.818 bits per heavy atom. The zero-order valence-electron chi connectivity index (χ0n) is 27.3. The van der Waals surface area contributed by atoms with Gasteiger partial charge in [0.2, 0.25) is 0 Å². The van der Waals surface area contributed by atoms with Gasteiger partial charge in [0.25, 0.3) is 0 Å². The van der Waals surface area contributed by atoms with E-state index >= 15 is 0 Å². The number of hydrogen-bond donors (Lipinski definition) is 0. The molecule has 15 heteroatoms. The van der Waals surface area contributed by atoms with Crippen molar-refractivity contribution >= 4 is 21.8 Å². The van der Waals surface area contributed by atoms with Crippen LogP contribution in [0.25, 0.3) is 60.9 Å². The van der Waals surface area contributed by atoms with E-state index in [1.54, 1.807) is 24.3 Å². The Kier molecular flexibility index (Phi) is 8.71. The van der Waals surface area contributed by atoms with Crippen molar-refractivity contribution in [3.05, 3.63) is 143 Å². The Morgan fingerprint density at radius 1 is 0.418 bits per heavy atom. The number of nitriles is 1. The molecule has 0 bridgehead atoms. The van der Waals surface area contributed by atoms with Crippen molar-refractivity contribution in [2.75, 3.05) is 0 Å². The third-order valence-electron chi connectivity index (χ3n) is 8.93. The van der Waals surface area contributed by atoms with E-state index in [0.717, 1.165) is 0 Å². The molecule has 2 heterocycles. The number of pyridine rings is 1. The number of nitrogens with zero attached hydrogens (tertiary/aromatic N) is 3. The molecule has 0 amide bonds. The molecule has 7 rings (SSSR count). The second-order valence-corrected chi connectivity index (χ2v) is 12.5. The van der Waals surface area contributed by atoms with Crippen molar-refractivity contribution in [3.8, 4) is 45.1 Å². The highest BCUT2D eigenvalue weighted by Gasteiger charge is 2.38. The van der Waals surface area contributed by atoms with Gasteiger partial charge in [-0.2, -0.15) is 57.9 Å². The van der Waals surface area contributed by atoms with Gasteiger partial charge in [-0.05, 0) is 112 Å². The highest BCUT2D eigenvalue weighted by Crippen LogP contribution is 2.43. The highest BCUT2D eigenvalue weighted by molar-refractivity contribution is 6.11. The van der Waals surface area contributed by atoms with Crippen LogP contribution < -0.4 is 0 Å². The summed E-state index contributed by atoms with van der Waals surface area (Å²) in [6, 6.07) is 20.2. The summed E-state index contributed by atoms with van der Waals surface area (Å²) in [6.45, 7) is 0. The molecule has 278 valence electrons. The van der Waals surface area contributed by atoms with E-state index in [9.17, 15) is 57.9 Å². The lowest BCUT2D eigenvalue weighted by atomic mass is 9.97. The van der Waals surface area contributed by atoms with E-state index in [0.29, 0.717) is 46.2 Å². The fourth-order valence-corrected chi connectivity index (χ4v) is 6.41. The van der Waals surface area contributed by atoms with Crippen molar-refractivity contribution in [1.82, 2.24) is 9.55 Å². The van der Waals surface area contributed by atoms with Gasteiger partial charge in [0.05, 0.1) is 44.9 Å². The maximum Gasteiger partial charge on any atom is 0.416 e. The predicted octanol–water partition coefficient (Wildman–Crippen LogP) is 13.1. The fourth-order valence-electron chi connectivity index (χ4n) is 6.41. The molecule has 55 heavy (non-hydrogen) atoms. The Hall–Kier alpha value is -6.30. The molecule has 0 unspecified atom stereocenters. The van der Waals surface area contributed by atoms with Gasteiger partial charge in [-0.15, -0.1) is 0 Å². The first-order valence-corrected chi connectivity index (χ1v) is 15.8. The molecular weight excluding hydrogens is 750 g/mol. The molecule has 0 radical (unpaired) electrons. The number of benzene rings is 5. The first kappa shape index (κ1) is 37.0. The molecule has 3 nitrogen and oxygen atoms in total. The molecule has 0 spiro atoms. The molecule has 2 aromatic heterocycles. The standard InChI is InChI=1S/C40H19F12N3/c41-37(42,43)28-11-26(12-29(18-28)38(44,45)46)23-1-3-33-34-4-2-24(27-13-30(39(47,48)49)19-31(14-27)40(50,51)52)17-36(34)55(35(33)16-23)32-10-21(20-53)9-25(15-32)22-5-7-54-8-6-22/h1-19H. The molecule has 0 saturated heterocycles. The lowest BCUT2D eigenvalue weighted by Crippen LogP contribution is -2.11. The van der Waals surface area contributed by atoms with E-state index in [1.807, 2.05) is 6.07 Å². The first-order valence-electron chi connectivity index (χ1n) is 15.8. The predicted molar refractivity (Wildman–Crippen MR) is 180 cm³/mol. The molecule has 0 aliphatic carbocycles. The van der Waals surface area contributed by atoms with Crippen molar-refractivity contribution in [3.63, 3.8) is 0 Å². The number of hydrogen-bond acceptors (Lipinski definition) is 2. The van der Waals surface area contributed by atoms with Gasteiger partial charge in [0, 0.05) is 28.9 Å². The summed E-state index contributed by atoms with van der Waals surface area (Å²) in [7, 11) is 0. The Labute approximate surface area is 302 Å². The van der Waals surface area contributed by atoms with Crippen LogP contribution >= 0.6 is 0 Å². The average Bonchev–Trinajstić information content (AvgIpc) is 3.46. The van der Waals surface area contributed by atoms with E-state index in [-0.39, 0.29) is 45.5 Å². The molecule has 0 saturated carbocycles. The third-order valence-corrected chi connectivity index (χ3v) is 8.93. The fraction of sp³-hybridized carbons (Fsp3) is 0.100. The normalized spacial score (nSPS) is 12.7. The highest BCUT2D eigenvalue weighted by atomic mass is 19.4. The van der Waals surface area contributed by atoms with Gasteiger partial charge in [0.1, 0.15) is 0 Å². The number of halogens is 12. The molecule has 5 aromatic carbocycles. The first-order chi connectivity index (χ1) is 25.7. The summed E-state index contributed by atoms with van der Waals surface area (Å²) in [5, 5.41) is 10.7. The van der Waals surface area contributed by atoms with Crippen LogP contribution in [0.2, 0.25) is 0 Å². The molecule has 0 atom stereocenters. The second kappa shape index (κ2) is 12.9.